The van der Waals surface area contributed by atoms with E-state index >= 15 is 0 Å². The van der Waals surface area contributed by atoms with Crippen molar-refractivity contribution in [3.8, 4) is 0 Å². The molecule has 2 aromatic carbocycles. The highest BCUT2D eigenvalue weighted by Gasteiger charge is 2.35. The van der Waals surface area contributed by atoms with E-state index in [1.807, 2.05) is 0 Å². The van der Waals surface area contributed by atoms with Crippen molar-refractivity contribution in [2.24, 2.45) is 0 Å². The summed E-state index contributed by atoms with van der Waals surface area (Å²) in [5, 5.41) is 5.37. The Kier molecular flexibility index (Phi) is 35.5. The Morgan fingerprint density at radius 3 is 0.902 bits per heavy atom. The monoisotopic (exact) mass is 873 g/mol. The second kappa shape index (κ2) is 36.6. The highest BCUT2D eigenvalue weighted by atomic mass is 32.3. The fourth-order valence-corrected chi connectivity index (χ4v) is 9.78. The van der Waals surface area contributed by atoms with Gasteiger partial charge < -0.3 is 19.7 Å². The van der Waals surface area contributed by atoms with Crippen LogP contribution in [-0.2, 0) is 47.2 Å². The second-order valence-corrected chi connectivity index (χ2v) is 18.6. The van der Waals surface area contributed by atoms with Gasteiger partial charge in [-0.05, 0) is 73.6 Å². The minimum absolute atomic E-state index is 0.274. The van der Waals surface area contributed by atoms with Crippen LogP contribution in [0, 0.1) is 0 Å². The van der Waals surface area contributed by atoms with Gasteiger partial charge in [0.1, 0.15) is 11.1 Å². The molecule has 2 rings (SSSR count). The Labute approximate surface area is 380 Å². The van der Waals surface area contributed by atoms with Gasteiger partial charge in [0.05, 0.1) is 13.1 Å². The van der Waals surface area contributed by atoms with Crippen molar-refractivity contribution in [3.63, 3.8) is 0 Å². The molecule has 0 atom stereocenters. The molecule has 0 fully saturated rings. The number of aryl methyl sites for hydroxylation is 2. The third-order valence-corrected chi connectivity index (χ3v) is 13.8. The SMILES string of the molecule is CCCCCCCCCCCC[NH2+]C(CC)(CC)c1cccc(CC)c1CC.CCCCCCCCCCCC[NH2+]C(CC)(CC)c1cccc(CC)c1CC.O=S(=O)([O-])[O-]. The van der Waals surface area contributed by atoms with Crippen LogP contribution in [0.2, 0.25) is 0 Å². The highest BCUT2D eigenvalue weighted by molar-refractivity contribution is 7.79. The van der Waals surface area contributed by atoms with Crippen molar-refractivity contribution >= 4 is 10.4 Å². The minimum Gasteiger partial charge on any atom is -0.759 e. The molecule has 0 radical (unpaired) electrons. The van der Waals surface area contributed by atoms with E-state index in [-0.39, 0.29) is 11.1 Å². The molecule has 356 valence electrons. The summed E-state index contributed by atoms with van der Waals surface area (Å²) in [6, 6.07) is 14.1. The molecule has 0 saturated carbocycles. The first-order valence-corrected chi connectivity index (χ1v) is 27.3. The Hall–Kier alpha value is -1.77. The van der Waals surface area contributed by atoms with Gasteiger partial charge in [-0.1, -0.05) is 208 Å². The Morgan fingerprint density at radius 2 is 0.672 bits per heavy atom. The minimum atomic E-state index is -5.17. The van der Waals surface area contributed by atoms with Crippen LogP contribution in [0.4, 0.5) is 0 Å². The molecule has 0 unspecified atom stereocenters. The van der Waals surface area contributed by atoms with Gasteiger partial charge in [-0.2, -0.15) is 0 Å². The van der Waals surface area contributed by atoms with E-state index in [1.54, 1.807) is 33.4 Å². The van der Waals surface area contributed by atoms with E-state index < -0.39 is 10.4 Å². The average molecular weight is 873 g/mol. The number of benzene rings is 2. The van der Waals surface area contributed by atoms with Crippen molar-refractivity contribution in [1.29, 1.82) is 0 Å². The van der Waals surface area contributed by atoms with Crippen LogP contribution in [0.3, 0.4) is 0 Å². The largest absolute Gasteiger partial charge is 0.759 e. The lowest BCUT2D eigenvalue weighted by atomic mass is 9.79. The fourth-order valence-electron chi connectivity index (χ4n) is 9.78. The maximum Gasteiger partial charge on any atom is 0.121 e. The van der Waals surface area contributed by atoms with Crippen LogP contribution in [0.25, 0.3) is 0 Å². The predicted octanol–water partition coefficient (Wildman–Crippen LogP) is 13.3. The maximum absolute atomic E-state index is 8.52. The number of hydrogen-bond donors (Lipinski definition) is 2. The quantitative estimate of drug-likeness (QED) is 0.0414. The first-order chi connectivity index (χ1) is 29.4. The molecule has 0 amide bonds. The van der Waals surface area contributed by atoms with Crippen LogP contribution in [0.15, 0.2) is 36.4 Å². The lowest BCUT2D eigenvalue weighted by molar-refractivity contribution is -0.738. The Morgan fingerprint density at radius 1 is 0.410 bits per heavy atom. The van der Waals surface area contributed by atoms with E-state index in [9.17, 15) is 0 Å². The molecular weight excluding hydrogens is 773 g/mol. The van der Waals surface area contributed by atoms with Crippen molar-refractivity contribution in [3.05, 3.63) is 69.8 Å². The molecule has 0 heterocycles. The summed E-state index contributed by atoms with van der Waals surface area (Å²) in [5.41, 5.74) is 10.1. The fraction of sp³-hybridized carbons (Fsp3) is 0.778. The van der Waals surface area contributed by atoms with Gasteiger partial charge in [0.15, 0.2) is 0 Å². The van der Waals surface area contributed by atoms with Gasteiger partial charge in [0.2, 0.25) is 0 Å². The molecular formula is C54H100N2O4S. The lowest BCUT2D eigenvalue weighted by Gasteiger charge is -2.33. The molecule has 0 saturated heterocycles. The van der Waals surface area contributed by atoms with Crippen molar-refractivity contribution in [2.45, 2.75) is 260 Å². The third-order valence-electron chi connectivity index (χ3n) is 13.8. The van der Waals surface area contributed by atoms with E-state index in [4.69, 9.17) is 17.5 Å². The summed E-state index contributed by atoms with van der Waals surface area (Å²) >= 11 is 0. The van der Waals surface area contributed by atoms with Crippen LogP contribution in [0.5, 0.6) is 0 Å². The van der Waals surface area contributed by atoms with Crippen LogP contribution in [0.1, 0.15) is 257 Å². The van der Waals surface area contributed by atoms with Gasteiger partial charge in [0.25, 0.3) is 0 Å². The maximum atomic E-state index is 8.52. The summed E-state index contributed by atoms with van der Waals surface area (Å²) in [5.74, 6) is 0. The first-order valence-electron chi connectivity index (χ1n) is 25.9. The van der Waals surface area contributed by atoms with Gasteiger partial charge in [-0.25, -0.2) is 0 Å². The molecule has 4 N–H and O–H groups in total. The lowest BCUT2D eigenvalue weighted by Crippen LogP contribution is -2.95. The molecule has 7 heteroatoms. The molecule has 0 spiro atoms. The zero-order chi connectivity index (χ0) is 45.8. The number of rotatable bonds is 34. The van der Waals surface area contributed by atoms with Gasteiger partial charge in [-0.3, -0.25) is 8.42 Å². The molecule has 0 aliphatic carbocycles. The molecule has 0 bridgehead atoms. The standard InChI is InChI=1S/2C27H49N.H2O4S/c2*1-6-11-12-13-14-15-16-17-18-19-23-28-27(9-4,10-5)26-22-20-21-24(7-2)25(26)8-3;1-5(2,3)4/h2*20-22,28H,6-19,23H2,1-5H3;(H2,1,2,3,4). The van der Waals surface area contributed by atoms with E-state index in [2.05, 4.69) is 116 Å². The number of hydrogen-bond acceptors (Lipinski definition) is 4. The second-order valence-electron chi connectivity index (χ2n) is 17.8. The summed E-state index contributed by atoms with van der Waals surface area (Å²) < 4.78 is 34.1. The molecule has 0 aliphatic rings. The Bertz CT molecular complexity index is 1330. The number of quaternary nitrogens is 2. The molecule has 0 aromatic heterocycles. The third kappa shape index (κ3) is 24.8. The normalized spacial score (nSPS) is 11.9. The topological polar surface area (TPSA) is 113 Å². The van der Waals surface area contributed by atoms with E-state index in [0.717, 1.165) is 25.7 Å². The molecule has 2 aromatic rings. The van der Waals surface area contributed by atoms with E-state index in [0.29, 0.717) is 0 Å². The molecule has 0 aliphatic heterocycles. The molecule has 61 heavy (non-hydrogen) atoms. The first kappa shape index (κ1) is 59.2. The average Bonchev–Trinajstić information content (AvgIpc) is 3.26. The summed E-state index contributed by atoms with van der Waals surface area (Å²) in [7, 11) is -5.17. The van der Waals surface area contributed by atoms with Crippen LogP contribution < -0.4 is 10.6 Å². The van der Waals surface area contributed by atoms with E-state index in [1.165, 1.54) is 167 Å². The zero-order valence-corrected chi connectivity index (χ0v) is 42.7. The smallest absolute Gasteiger partial charge is 0.121 e. The summed E-state index contributed by atoms with van der Waals surface area (Å²) in [4.78, 5) is 0. The van der Waals surface area contributed by atoms with Gasteiger partial charge >= 0.3 is 0 Å². The summed E-state index contributed by atoms with van der Waals surface area (Å²) in [6.45, 7) is 25.9. The van der Waals surface area contributed by atoms with Crippen LogP contribution >= 0.6 is 0 Å². The van der Waals surface area contributed by atoms with Gasteiger partial charge in [-0.15, -0.1) is 0 Å². The highest BCUT2D eigenvalue weighted by Crippen LogP contribution is 2.31. The Balaban J connectivity index is 0.00000106. The van der Waals surface area contributed by atoms with Crippen molar-refractivity contribution in [2.75, 3.05) is 13.1 Å². The van der Waals surface area contributed by atoms with Gasteiger partial charge in [0, 0.05) is 47.2 Å². The zero-order valence-electron chi connectivity index (χ0n) is 41.9. The molecule has 6 nitrogen and oxygen atoms in total. The van der Waals surface area contributed by atoms with Crippen LogP contribution in [-0.4, -0.2) is 30.6 Å². The number of nitrogens with two attached hydrogens (primary N) is 2. The number of unbranched alkanes of at least 4 members (excludes halogenated alkanes) is 18. The van der Waals surface area contributed by atoms with Crippen molar-refractivity contribution in [1.82, 2.24) is 0 Å². The summed E-state index contributed by atoms with van der Waals surface area (Å²) in [6.07, 6.45) is 38.0. The predicted molar refractivity (Wildman–Crippen MR) is 263 cm³/mol. The van der Waals surface area contributed by atoms with Crippen molar-refractivity contribution < 1.29 is 28.2 Å².